The van der Waals surface area contributed by atoms with E-state index in [0.29, 0.717) is 28.1 Å². The van der Waals surface area contributed by atoms with Gasteiger partial charge in [-0.1, -0.05) is 11.8 Å². The zero-order chi connectivity index (χ0) is 22.5. The van der Waals surface area contributed by atoms with Crippen molar-refractivity contribution >= 4 is 39.7 Å². The predicted octanol–water partition coefficient (Wildman–Crippen LogP) is 3.16. The number of nitrogens with zero attached hydrogens (tertiary/aromatic N) is 4. The van der Waals surface area contributed by atoms with E-state index in [0.717, 1.165) is 42.7 Å². The standard InChI is InChI=1S/C21H23N7O2S2/c1-30-14-8-6-13(7-9-14)24-11-18-26-27-21(28(18)23)31-12-19(29)25-20-16(10-22)15-4-2-3-5-17(15)32-20/h6-9,24H,2-5,11-12,23H2,1H3,(H,25,29). The summed E-state index contributed by atoms with van der Waals surface area (Å²) in [6, 6.07) is 9.77. The second-order valence-corrected chi connectivity index (χ2v) is 9.26. The largest absolute Gasteiger partial charge is 0.497 e. The summed E-state index contributed by atoms with van der Waals surface area (Å²) in [5.41, 5.74) is 2.61. The van der Waals surface area contributed by atoms with E-state index in [-0.39, 0.29) is 11.7 Å². The summed E-state index contributed by atoms with van der Waals surface area (Å²) in [4.78, 5) is 13.7. The molecular weight excluding hydrogens is 446 g/mol. The molecule has 2 heterocycles. The van der Waals surface area contributed by atoms with Crippen LogP contribution in [-0.4, -0.2) is 33.6 Å². The van der Waals surface area contributed by atoms with Crippen LogP contribution in [0.3, 0.4) is 0 Å². The molecule has 0 atom stereocenters. The molecule has 0 spiro atoms. The van der Waals surface area contributed by atoms with Crippen LogP contribution in [0.1, 0.15) is 34.7 Å². The number of nitriles is 1. The van der Waals surface area contributed by atoms with Gasteiger partial charge in [0.2, 0.25) is 11.1 Å². The van der Waals surface area contributed by atoms with Crippen LogP contribution in [0.2, 0.25) is 0 Å². The lowest BCUT2D eigenvalue weighted by Crippen LogP contribution is -2.18. The third kappa shape index (κ3) is 4.81. The number of thiophene rings is 1. The third-order valence-electron chi connectivity index (χ3n) is 5.14. The molecule has 0 saturated heterocycles. The lowest BCUT2D eigenvalue weighted by Gasteiger charge is -2.09. The molecule has 2 aromatic heterocycles. The van der Waals surface area contributed by atoms with Gasteiger partial charge in [-0.3, -0.25) is 4.79 Å². The number of fused-ring (bicyclic) bond motifs is 1. The van der Waals surface area contributed by atoms with Gasteiger partial charge in [0.15, 0.2) is 5.82 Å². The molecule has 1 amide bonds. The quantitative estimate of drug-likeness (QED) is 0.339. The second-order valence-electron chi connectivity index (χ2n) is 7.21. The van der Waals surface area contributed by atoms with Gasteiger partial charge in [-0.15, -0.1) is 21.5 Å². The van der Waals surface area contributed by atoms with Crippen LogP contribution in [0.5, 0.6) is 5.75 Å². The topological polar surface area (TPSA) is 131 Å². The number of hydrogen-bond donors (Lipinski definition) is 3. The Bertz CT molecular complexity index is 1150. The zero-order valence-corrected chi connectivity index (χ0v) is 19.2. The fraction of sp³-hybridized carbons (Fsp3) is 0.333. The fourth-order valence-electron chi connectivity index (χ4n) is 3.48. The van der Waals surface area contributed by atoms with Crippen molar-refractivity contribution in [3.63, 3.8) is 0 Å². The first-order chi connectivity index (χ1) is 15.6. The van der Waals surface area contributed by atoms with Crippen LogP contribution < -0.4 is 21.2 Å². The number of hydrogen-bond acceptors (Lipinski definition) is 9. The van der Waals surface area contributed by atoms with E-state index in [9.17, 15) is 10.1 Å². The number of nitrogens with two attached hydrogens (primary N) is 1. The fourth-order valence-corrected chi connectivity index (χ4v) is 5.41. The number of rotatable bonds is 8. The first kappa shape index (κ1) is 22.0. The minimum Gasteiger partial charge on any atom is -0.497 e. The number of nitrogens with one attached hydrogen (secondary N) is 2. The Morgan fingerprint density at radius 1 is 1.31 bits per heavy atom. The van der Waals surface area contributed by atoms with E-state index in [2.05, 4.69) is 26.9 Å². The number of carbonyl (C=O) groups excluding carboxylic acids is 1. The molecule has 4 rings (SSSR count). The Labute approximate surface area is 193 Å². The number of benzene rings is 1. The van der Waals surface area contributed by atoms with Crippen molar-refractivity contribution in [3.8, 4) is 11.8 Å². The highest BCUT2D eigenvalue weighted by Gasteiger charge is 2.22. The number of aryl methyl sites for hydroxylation is 1. The van der Waals surface area contributed by atoms with Crippen LogP contribution >= 0.6 is 23.1 Å². The van der Waals surface area contributed by atoms with E-state index >= 15 is 0 Å². The number of ether oxygens (including phenoxy) is 1. The molecule has 0 fully saturated rings. The average Bonchev–Trinajstić information content (AvgIpc) is 3.35. The van der Waals surface area contributed by atoms with Crippen molar-refractivity contribution < 1.29 is 9.53 Å². The molecule has 0 bridgehead atoms. The summed E-state index contributed by atoms with van der Waals surface area (Å²) in [6.45, 7) is 0.384. The SMILES string of the molecule is COc1ccc(NCc2nnc(SCC(=O)Nc3sc4c(c3C#N)CCCC4)n2N)cc1. The minimum atomic E-state index is -0.203. The number of aromatic nitrogens is 3. The number of carbonyl (C=O) groups is 1. The molecule has 32 heavy (non-hydrogen) atoms. The van der Waals surface area contributed by atoms with Gasteiger partial charge in [0.25, 0.3) is 0 Å². The van der Waals surface area contributed by atoms with Gasteiger partial charge in [0.1, 0.15) is 16.8 Å². The Kier molecular flexibility index (Phi) is 6.82. The molecule has 1 aliphatic carbocycles. The van der Waals surface area contributed by atoms with Crippen LogP contribution in [0.4, 0.5) is 10.7 Å². The Balaban J connectivity index is 1.32. The van der Waals surface area contributed by atoms with E-state index in [1.54, 1.807) is 7.11 Å². The number of methoxy groups -OCH3 is 1. The molecule has 166 valence electrons. The van der Waals surface area contributed by atoms with Crippen LogP contribution in [0, 0.1) is 11.3 Å². The van der Waals surface area contributed by atoms with Gasteiger partial charge >= 0.3 is 0 Å². The molecular formula is C21H23N7O2S2. The third-order valence-corrected chi connectivity index (χ3v) is 7.29. The molecule has 1 aromatic carbocycles. The van der Waals surface area contributed by atoms with Crippen molar-refractivity contribution in [2.75, 3.05) is 29.3 Å². The summed E-state index contributed by atoms with van der Waals surface area (Å²) in [6.07, 6.45) is 4.10. The lowest BCUT2D eigenvalue weighted by molar-refractivity contribution is -0.113. The normalized spacial score (nSPS) is 12.6. The summed E-state index contributed by atoms with van der Waals surface area (Å²) < 4.78 is 6.52. The summed E-state index contributed by atoms with van der Waals surface area (Å²) in [5.74, 6) is 7.34. The highest BCUT2D eigenvalue weighted by molar-refractivity contribution is 7.99. The number of nitrogen functional groups attached to an aromatic ring is 1. The lowest BCUT2D eigenvalue weighted by atomic mass is 9.96. The van der Waals surface area contributed by atoms with Gasteiger partial charge in [-0.2, -0.15) is 5.26 Å². The number of anilines is 2. The monoisotopic (exact) mass is 469 g/mol. The maximum atomic E-state index is 12.5. The summed E-state index contributed by atoms with van der Waals surface area (Å²) in [5, 5.41) is 24.9. The van der Waals surface area contributed by atoms with Crippen molar-refractivity contribution in [3.05, 3.63) is 46.1 Å². The Morgan fingerprint density at radius 2 is 2.09 bits per heavy atom. The highest BCUT2D eigenvalue weighted by Crippen LogP contribution is 2.37. The van der Waals surface area contributed by atoms with Crippen molar-refractivity contribution in [2.45, 2.75) is 37.4 Å². The van der Waals surface area contributed by atoms with Crippen LogP contribution in [0.25, 0.3) is 0 Å². The maximum Gasteiger partial charge on any atom is 0.235 e. The molecule has 0 unspecified atom stereocenters. The van der Waals surface area contributed by atoms with Gasteiger partial charge in [0.05, 0.1) is 25.0 Å². The Morgan fingerprint density at radius 3 is 2.84 bits per heavy atom. The van der Waals surface area contributed by atoms with Gasteiger partial charge < -0.3 is 21.2 Å². The van der Waals surface area contributed by atoms with Gasteiger partial charge in [-0.25, -0.2) is 4.68 Å². The van der Waals surface area contributed by atoms with Gasteiger partial charge in [0, 0.05) is 10.6 Å². The minimum absolute atomic E-state index is 0.120. The molecule has 9 nitrogen and oxygen atoms in total. The summed E-state index contributed by atoms with van der Waals surface area (Å²) >= 11 is 2.71. The zero-order valence-electron chi connectivity index (χ0n) is 17.6. The Hall–Kier alpha value is -3.23. The van der Waals surface area contributed by atoms with E-state index < -0.39 is 0 Å². The molecule has 1 aliphatic rings. The molecule has 0 saturated carbocycles. The van der Waals surface area contributed by atoms with E-state index in [4.69, 9.17) is 10.6 Å². The molecule has 4 N–H and O–H groups in total. The van der Waals surface area contributed by atoms with Crippen molar-refractivity contribution in [1.29, 1.82) is 5.26 Å². The second kappa shape index (κ2) is 9.93. The first-order valence-corrected chi connectivity index (χ1v) is 11.9. The van der Waals surface area contributed by atoms with Crippen LogP contribution in [0.15, 0.2) is 29.4 Å². The highest BCUT2D eigenvalue weighted by atomic mass is 32.2. The number of thioether (sulfide) groups is 1. The number of amides is 1. The maximum absolute atomic E-state index is 12.5. The van der Waals surface area contributed by atoms with E-state index in [1.807, 2.05) is 24.3 Å². The van der Waals surface area contributed by atoms with Gasteiger partial charge in [-0.05, 0) is 55.5 Å². The summed E-state index contributed by atoms with van der Waals surface area (Å²) in [7, 11) is 1.62. The van der Waals surface area contributed by atoms with Crippen LogP contribution in [-0.2, 0) is 24.2 Å². The molecule has 0 radical (unpaired) electrons. The average molecular weight is 470 g/mol. The first-order valence-electron chi connectivity index (χ1n) is 10.1. The molecule has 3 aromatic rings. The molecule has 11 heteroatoms. The molecule has 0 aliphatic heterocycles. The van der Waals surface area contributed by atoms with E-state index in [1.165, 1.54) is 32.7 Å². The predicted molar refractivity (Wildman–Crippen MR) is 126 cm³/mol. The van der Waals surface area contributed by atoms with Crippen molar-refractivity contribution in [2.24, 2.45) is 0 Å². The smallest absolute Gasteiger partial charge is 0.235 e. The van der Waals surface area contributed by atoms with Crippen molar-refractivity contribution in [1.82, 2.24) is 14.9 Å².